The summed E-state index contributed by atoms with van der Waals surface area (Å²) in [5.74, 6) is 0.628. The predicted octanol–water partition coefficient (Wildman–Crippen LogP) is 3.78. The lowest BCUT2D eigenvalue weighted by molar-refractivity contribution is 0.102. The van der Waals surface area contributed by atoms with Crippen LogP contribution >= 0.6 is 0 Å². The number of hydrogen-bond acceptors (Lipinski definition) is 4. The van der Waals surface area contributed by atoms with E-state index in [1.165, 1.54) is 0 Å². The number of ether oxygens (including phenoxy) is 1. The number of carbonyl (C=O) groups is 1. The Labute approximate surface area is 152 Å². The average molecular weight is 350 g/mol. The number of pyridine rings is 1. The van der Waals surface area contributed by atoms with Crippen LogP contribution in [0.25, 0.3) is 0 Å². The molecule has 1 aromatic carbocycles. The van der Waals surface area contributed by atoms with Crippen LogP contribution < -0.4 is 10.1 Å². The van der Waals surface area contributed by atoms with Gasteiger partial charge in [0.1, 0.15) is 5.75 Å². The number of aryl methyl sites for hydroxylation is 1. The number of aromatic nitrogens is 3. The van der Waals surface area contributed by atoms with Crippen molar-refractivity contribution < 1.29 is 9.53 Å². The number of unbranched alkanes of at least 4 members (excludes halogenated alkanes) is 2. The van der Waals surface area contributed by atoms with Crippen LogP contribution in [-0.4, -0.2) is 27.0 Å². The Morgan fingerprint density at radius 2 is 1.92 bits per heavy atom. The van der Waals surface area contributed by atoms with Crippen molar-refractivity contribution in [1.82, 2.24) is 14.5 Å². The van der Waals surface area contributed by atoms with Crippen molar-refractivity contribution in [3.63, 3.8) is 0 Å². The standard InChI is InChI=1S/C20H22N4O2/c25-20(17-5-4-10-21-15-17)23-18-6-8-19(9-7-18)26-14-3-1-2-12-24-13-11-22-16-24/h4-11,13,15-16H,1-3,12,14H2,(H,23,25). The number of hydrogen-bond donors (Lipinski definition) is 1. The van der Waals surface area contributed by atoms with E-state index >= 15 is 0 Å². The summed E-state index contributed by atoms with van der Waals surface area (Å²) in [7, 11) is 0. The van der Waals surface area contributed by atoms with Crippen LogP contribution in [0.4, 0.5) is 5.69 Å². The quantitative estimate of drug-likeness (QED) is 0.596. The smallest absolute Gasteiger partial charge is 0.257 e. The number of amides is 1. The summed E-state index contributed by atoms with van der Waals surface area (Å²) in [5.41, 5.74) is 1.26. The maximum atomic E-state index is 12.1. The zero-order valence-corrected chi connectivity index (χ0v) is 14.5. The topological polar surface area (TPSA) is 69.0 Å². The molecule has 2 heterocycles. The second-order valence-corrected chi connectivity index (χ2v) is 5.93. The molecule has 0 aliphatic heterocycles. The third-order valence-electron chi connectivity index (χ3n) is 3.92. The highest BCUT2D eigenvalue weighted by Gasteiger charge is 2.05. The first-order valence-corrected chi connectivity index (χ1v) is 8.71. The fourth-order valence-electron chi connectivity index (χ4n) is 2.52. The monoisotopic (exact) mass is 350 g/mol. The SMILES string of the molecule is O=C(Nc1ccc(OCCCCCn2ccnc2)cc1)c1cccnc1. The van der Waals surface area contributed by atoms with Crippen molar-refractivity contribution >= 4 is 11.6 Å². The maximum absolute atomic E-state index is 12.1. The Balaban J connectivity index is 1.35. The Kier molecular flexibility index (Phi) is 6.36. The largest absolute Gasteiger partial charge is 0.494 e. The highest BCUT2D eigenvalue weighted by molar-refractivity contribution is 6.04. The number of nitrogens with one attached hydrogen (secondary N) is 1. The number of carbonyl (C=O) groups excluding carboxylic acids is 1. The highest BCUT2D eigenvalue weighted by Crippen LogP contribution is 2.17. The van der Waals surface area contributed by atoms with E-state index in [-0.39, 0.29) is 5.91 Å². The second kappa shape index (κ2) is 9.36. The van der Waals surface area contributed by atoms with Gasteiger partial charge in [0, 0.05) is 37.0 Å². The number of rotatable bonds is 9. The third-order valence-corrected chi connectivity index (χ3v) is 3.92. The number of nitrogens with zero attached hydrogens (tertiary/aromatic N) is 3. The van der Waals surface area contributed by atoms with Crippen molar-refractivity contribution in [3.8, 4) is 5.75 Å². The first-order chi connectivity index (χ1) is 12.8. The molecule has 0 spiro atoms. The van der Waals surface area contributed by atoms with Crippen molar-refractivity contribution in [1.29, 1.82) is 0 Å². The molecular weight excluding hydrogens is 328 g/mol. The summed E-state index contributed by atoms with van der Waals surface area (Å²) in [4.78, 5) is 20.0. The molecule has 6 heteroatoms. The fraction of sp³-hybridized carbons (Fsp3) is 0.250. The minimum Gasteiger partial charge on any atom is -0.494 e. The van der Waals surface area contributed by atoms with Gasteiger partial charge in [0.2, 0.25) is 0 Å². The lowest BCUT2D eigenvalue weighted by Crippen LogP contribution is -2.11. The van der Waals surface area contributed by atoms with E-state index in [4.69, 9.17) is 4.74 Å². The van der Waals surface area contributed by atoms with Crippen LogP contribution in [0.1, 0.15) is 29.6 Å². The number of anilines is 1. The maximum Gasteiger partial charge on any atom is 0.257 e. The minimum atomic E-state index is -0.176. The molecule has 0 unspecified atom stereocenters. The van der Waals surface area contributed by atoms with Gasteiger partial charge in [0.15, 0.2) is 0 Å². The summed E-state index contributed by atoms with van der Waals surface area (Å²) >= 11 is 0. The van der Waals surface area contributed by atoms with Crippen LogP contribution in [0.15, 0.2) is 67.5 Å². The highest BCUT2D eigenvalue weighted by atomic mass is 16.5. The van der Waals surface area contributed by atoms with E-state index in [1.54, 1.807) is 30.7 Å². The Bertz CT molecular complexity index is 786. The van der Waals surface area contributed by atoms with Gasteiger partial charge in [-0.15, -0.1) is 0 Å². The molecule has 0 saturated carbocycles. The van der Waals surface area contributed by atoms with Gasteiger partial charge in [0.25, 0.3) is 5.91 Å². The van der Waals surface area contributed by atoms with Crippen LogP contribution in [0.5, 0.6) is 5.75 Å². The molecule has 0 fully saturated rings. The molecule has 0 radical (unpaired) electrons. The first-order valence-electron chi connectivity index (χ1n) is 8.71. The summed E-state index contributed by atoms with van der Waals surface area (Å²) < 4.78 is 7.83. The van der Waals surface area contributed by atoms with Crippen molar-refractivity contribution in [2.45, 2.75) is 25.8 Å². The Morgan fingerprint density at radius 1 is 1.04 bits per heavy atom. The van der Waals surface area contributed by atoms with Crippen LogP contribution in [0, 0.1) is 0 Å². The molecule has 0 atom stereocenters. The van der Waals surface area contributed by atoms with Gasteiger partial charge < -0.3 is 14.6 Å². The normalized spacial score (nSPS) is 10.5. The first kappa shape index (κ1) is 17.7. The zero-order chi connectivity index (χ0) is 18.0. The zero-order valence-electron chi connectivity index (χ0n) is 14.5. The van der Waals surface area contributed by atoms with Gasteiger partial charge in [-0.25, -0.2) is 4.98 Å². The molecule has 1 N–H and O–H groups in total. The molecule has 3 rings (SSSR count). The summed E-state index contributed by atoms with van der Waals surface area (Å²) in [6.07, 6.45) is 12.0. The summed E-state index contributed by atoms with van der Waals surface area (Å²) in [6, 6.07) is 10.9. The molecule has 3 aromatic rings. The van der Waals surface area contributed by atoms with E-state index in [9.17, 15) is 4.79 Å². The summed E-state index contributed by atoms with van der Waals surface area (Å²) in [5, 5.41) is 2.84. The van der Waals surface area contributed by atoms with Crippen molar-refractivity contribution in [2.24, 2.45) is 0 Å². The average Bonchev–Trinajstić information content (AvgIpc) is 3.20. The lowest BCUT2D eigenvalue weighted by Gasteiger charge is -2.08. The van der Waals surface area contributed by atoms with Crippen LogP contribution in [0.2, 0.25) is 0 Å². The molecule has 2 aromatic heterocycles. The lowest BCUT2D eigenvalue weighted by atomic mass is 10.2. The second-order valence-electron chi connectivity index (χ2n) is 5.93. The molecule has 134 valence electrons. The number of imidazole rings is 1. The van der Waals surface area contributed by atoms with Gasteiger partial charge in [-0.3, -0.25) is 9.78 Å². The van der Waals surface area contributed by atoms with Gasteiger partial charge >= 0.3 is 0 Å². The molecule has 6 nitrogen and oxygen atoms in total. The molecule has 26 heavy (non-hydrogen) atoms. The molecule has 0 aliphatic carbocycles. The van der Waals surface area contributed by atoms with E-state index in [2.05, 4.69) is 19.9 Å². The summed E-state index contributed by atoms with van der Waals surface area (Å²) in [6.45, 7) is 1.68. The van der Waals surface area contributed by atoms with Gasteiger partial charge in [0.05, 0.1) is 18.5 Å². The molecule has 0 aliphatic rings. The van der Waals surface area contributed by atoms with Crippen LogP contribution in [0.3, 0.4) is 0 Å². The fourth-order valence-corrected chi connectivity index (χ4v) is 2.52. The number of benzene rings is 1. The van der Waals surface area contributed by atoms with Gasteiger partial charge in [-0.1, -0.05) is 0 Å². The van der Waals surface area contributed by atoms with Crippen LogP contribution in [-0.2, 0) is 6.54 Å². The Hall–Kier alpha value is -3.15. The van der Waals surface area contributed by atoms with Gasteiger partial charge in [-0.05, 0) is 55.7 Å². The van der Waals surface area contributed by atoms with Crippen molar-refractivity contribution in [2.75, 3.05) is 11.9 Å². The molecule has 0 bridgehead atoms. The molecule has 0 saturated heterocycles. The Morgan fingerprint density at radius 3 is 2.65 bits per heavy atom. The third kappa shape index (κ3) is 5.44. The molecule has 1 amide bonds. The minimum absolute atomic E-state index is 0.176. The van der Waals surface area contributed by atoms with Crippen molar-refractivity contribution in [3.05, 3.63) is 73.1 Å². The van der Waals surface area contributed by atoms with E-state index in [1.807, 2.05) is 36.8 Å². The van der Waals surface area contributed by atoms with Gasteiger partial charge in [-0.2, -0.15) is 0 Å². The molecular formula is C20H22N4O2. The van der Waals surface area contributed by atoms with E-state index in [0.29, 0.717) is 12.2 Å². The predicted molar refractivity (Wildman–Crippen MR) is 100 cm³/mol. The van der Waals surface area contributed by atoms with E-state index < -0.39 is 0 Å². The van der Waals surface area contributed by atoms with E-state index in [0.717, 1.165) is 37.2 Å².